The van der Waals surface area contributed by atoms with Crippen molar-refractivity contribution in [2.45, 2.75) is 18.9 Å². The maximum Gasteiger partial charge on any atom is 0.220 e. The van der Waals surface area contributed by atoms with Crippen LogP contribution in [0.25, 0.3) is 0 Å². The SMILES string of the molecule is C=C(F)C1CCC(=O)N1. The number of amides is 1. The Kier molecular flexibility index (Phi) is 1.51. The molecule has 1 saturated heterocycles. The molecule has 1 aliphatic rings. The van der Waals surface area contributed by atoms with E-state index in [4.69, 9.17) is 0 Å². The summed E-state index contributed by atoms with van der Waals surface area (Å²) in [5.41, 5.74) is 0. The van der Waals surface area contributed by atoms with Crippen molar-refractivity contribution in [2.24, 2.45) is 0 Å². The molecule has 1 amide bonds. The summed E-state index contributed by atoms with van der Waals surface area (Å²) in [5, 5.41) is 2.44. The second-order valence-corrected chi connectivity index (χ2v) is 2.11. The van der Waals surface area contributed by atoms with E-state index in [2.05, 4.69) is 11.9 Å². The van der Waals surface area contributed by atoms with Gasteiger partial charge in [0.05, 0.1) is 6.04 Å². The van der Waals surface area contributed by atoms with Gasteiger partial charge in [-0.3, -0.25) is 4.79 Å². The molecule has 0 aromatic rings. The highest BCUT2D eigenvalue weighted by Gasteiger charge is 2.22. The molecule has 1 aliphatic heterocycles. The first-order valence-corrected chi connectivity index (χ1v) is 2.84. The van der Waals surface area contributed by atoms with Crippen LogP contribution in [0.4, 0.5) is 4.39 Å². The van der Waals surface area contributed by atoms with E-state index in [1.54, 1.807) is 0 Å². The summed E-state index contributed by atoms with van der Waals surface area (Å²) in [6.45, 7) is 3.09. The molecule has 50 valence electrons. The van der Waals surface area contributed by atoms with Gasteiger partial charge in [0.1, 0.15) is 5.83 Å². The third-order valence-corrected chi connectivity index (χ3v) is 1.37. The Morgan fingerprint density at radius 3 is 2.78 bits per heavy atom. The van der Waals surface area contributed by atoms with Gasteiger partial charge >= 0.3 is 0 Å². The predicted molar refractivity (Wildman–Crippen MR) is 31.4 cm³/mol. The Morgan fingerprint density at radius 2 is 2.56 bits per heavy atom. The van der Waals surface area contributed by atoms with E-state index in [1.807, 2.05) is 0 Å². The molecule has 3 heteroatoms. The molecule has 1 heterocycles. The fourth-order valence-electron chi connectivity index (χ4n) is 0.849. The minimum absolute atomic E-state index is 0.0844. The van der Waals surface area contributed by atoms with Gasteiger partial charge in [-0.15, -0.1) is 0 Å². The summed E-state index contributed by atoms with van der Waals surface area (Å²) >= 11 is 0. The summed E-state index contributed by atoms with van der Waals surface area (Å²) in [7, 11) is 0. The van der Waals surface area contributed by atoms with E-state index in [9.17, 15) is 9.18 Å². The van der Waals surface area contributed by atoms with Gasteiger partial charge in [0.25, 0.3) is 0 Å². The lowest BCUT2D eigenvalue weighted by Crippen LogP contribution is -2.25. The first kappa shape index (κ1) is 6.26. The monoisotopic (exact) mass is 129 g/mol. The number of halogens is 1. The van der Waals surface area contributed by atoms with Crippen LogP contribution in [0.2, 0.25) is 0 Å². The first-order chi connectivity index (χ1) is 4.20. The molecule has 0 radical (unpaired) electrons. The third-order valence-electron chi connectivity index (χ3n) is 1.37. The second kappa shape index (κ2) is 2.17. The minimum Gasteiger partial charge on any atom is -0.347 e. The zero-order valence-corrected chi connectivity index (χ0v) is 4.98. The van der Waals surface area contributed by atoms with Crippen molar-refractivity contribution in [2.75, 3.05) is 0 Å². The number of hydrogen-bond acceptors (Lipinski definition) is 1. The Labute approximate surface area is 52.7 Å². The number of nitrogens with one attached hydrogen (secondary N) is 1. The molecule has 1 fully saturated rings. The molecule has 0 aromatic carbocycles. The van der Waals surface area contributed by atoms with E-state index in [1.165, 1.54) is 0 Å². The molecule has 1 rings (SSSR count). The highest BCUT2D eigenvalue weighted by atomic mass is 19.1. The van der Waals surface area contributed by atoms with Crippen molar-refractivity contribution < 1.29 is 9.18 Å². The van der Waals surface area contributed by atoms with Gasteiger partial charge in [-0.25, -0.2) is 4.39 Å². The molecule has 1 unspecified atom stereocenters. The van der Waals surface area contributed by atoms with Gasteiger partial charge in [-0.05, 0) is 6.42 Å². The molecule has 0 aliphatic carbocycles. The normalized spacial score (nSPS) is 25.9. The van der Waals surface area contributed by atoms with Gasteiger partial charge in [0.15, 0.2) is 0 Å². The molecular weight excluding hydrogens is 121 g/mol. The summed E-state index contributed by atoms with van der Waals surface area (Å²) in [5.74, 6) is -0.528. The number of rotatable bonds is 1. The van der Waals surface area contributed by atoms with E-state index in [0.29, 0.717) is 12.8 Å². The molecule has 9 heavy (non-hydrogen) atoms. The lowest BCUT2D eigenvalue weighted by molar-refractivity contribution is -0.119. The van der Waals surface area contributed by atoms with Crippen molar-refractivity contribution in [1.29, 1.82) is 0 Å². The summed E-state index contributed by atoms with van der Waals surface area (Å²) in [6, 6.07) is -0.419. The minimum atomic E-state index is -0.444. The van der Waals surface area contributed by atoms with Crippen LogP contribution in [0.15, 0.2) is 12.4 Å². The first-order valence-electron chi connectivity index (χ1n) is 2.84. The predicted octanol–water partition coefficient (Wildman–Crippen LogP) is 0.748. The lowest BCUT2D eigenvalue weighted by atomic mass is 10.2. The number of carbonyl (C=O) groups excluding carboxylic acids is 1. The summed E-state index contributed by atoms with van der Waals surface area (Å²) in [4.78, 5) is 10.4. The topological polar surface area (TPSA) is 29.1 Å². The van der Waals surface area contributed by atoms with E-state index in [-0.39, 0.29) is 5.91 Å². The van der Waals surface area contributed by atoms with Crippen LogP contribution in [0.1, 0.15) is 12.8 Å². The average Bonchev–Trinajstić information content (AvgIpc) is 2.14. The van der Waals surface area contributed by atoms with Crippen molar-refractivity contribution in [1.82, 2.24) is 5.32 Å². The van der Waals surface area contributed by atoms with Crippen LogP contribution in [0, 0.1) is 0 Å². The maximum absolute atomic E-state index is 12.2. The van der Waals surface area contributed by atoms with Crippen LogP contribution >= 0.6 is 0 Å². The van der Waals surface area contributed by atoms with Crippen LogP contribution in [-0.2, 0) is 4.79 Å². The zero-order chi connectivity index (χ0) is 6.85. The number of hydrogen-bond donors (Lipinski definition) is 1. The van der Waals surface area contributed by atoms with Crippen molar-refractivity contribution >= 4 is 5.91 Å². The van der Waals surface area contributed by atoms with Gasteiger partial charge in [-0.2, -0.15) is 0 Å². The molecular formula is C6H8FNO. The third kappa shape index (κ3) is 1.28. The van der Waals surface area contributed by atoms with Crippen LogP contribution in [0.3, 0.4) is 0 Å². The molecule has 1 atom stereocenters. The largest absolute Gasteiger partial charge is 0.347 e. The Balaban J connectivity index is 2.48. The van der Waals surface area contributed by atoms with Crippen LogP contribution < -0.4 is 5.32 Å². The standard InChI is InChI=1S/C6H8FNO/c1-4(7)5-2-3-6(9)8-5/h5H,1-3H2,(H,8,9). The van der Waals surface area contributed by atoms with E-state index in [0.717, 1.165) is 0 Å². The van der Waals surface area contributed by atoms with E-state index >= 15 is 0 Å². The quantitative estimate of drug-likeness (QED) is 0.556. The molecule has 1 N–H and O–H groups in total. The Morgan fingerprint density at radius 1 is 1.89 bits per heavy atom. The van der Waals surface area contributed by atoms with Crippen LogP contribution in [-0.4, -0.2) is 11.9 Å². The summed E-state index contributed by atoms with van der Waals surface area (Å²) < 4.78 is 12.2. The molecule has 0 saturated carbocycles. The van der Waals surface area contributed by atoms with Gasteiger partial charge in [-0.1, -0.05) is 6.58 Å². The summed E-state index contributed by atoms with van der Waals surface area (Å²) in [6.07, 6.45) is 0.974. The Hall–Kier alpha value is -0.860. The molecule has 0 aromatic heterocycles. The Bertz CT molecular complexity index is 155. The van der Waals surface area contributed by atoms with Crippen molar-refractivity contribution in [3.05, 3.63) is 12.4 Å². The van der Waals surface area contributed by atoms with E-state index < -0.39 is 11.9 Å². The zero-order valence-electron chi connectivity index (χ0n) is 4.98. The fraction of sp³-hybridized carbons (Fsp3) is 0.500. The average molecular weight is 129 g/mol. The maximum atomic E-state index is 12.2. The van der Waals surface area contributed by atoms with Crippen LogP contribution in [0.5, 0.6) is 0 Å². The molecule has 2 nitrogen and oxygen atoms in total. The molecule has 0 bridgehead atoms. The highest BCUT2D eigenvalue weighted by molar-refractivity contribution is 5.78. The second-order valence-electron chi connectivity index (χ2n) is 2.11. The van der Waals surface area contributed by atoms with Crippen molar-refractivity contribution in [3.63, 3.8) is 0 Å². The highest BCUT2D eigenvalue weighted by Crippen LogP contribution is 2.13. The molecule has 0 spiro atoms. The van der Waals surface area contributed by atoms with Gasteiger partial charge in [0, 0.05) is 6.42 Å². The van der Waals surface area contributed by atoms with Crippen molar-refractivity contribution in [3.8, 4) is 0 Å². The fourth-order valence-corrected chi connectivity index (χ4v) is 0.849. The van der Waals surface area contributed by atoms with Gasteiger partial charge in [0.2, 0.25) is 5.91 Å². The lowest BCUT2D eigenvalue weighted by Gasteiger charge is -2.03. The number of carbonyl (C=O) groups is 1. The van der Waals surface area contributed by atoms with Gasteiger partial charge < -0.3 is 5.32 Å². The smallest absolute Gasteiger partial charge is 0.220 e.